The second kappa shape index (κ2) is 7.75. The minimum atomic E-state index is -3.28. The number of sulfone groups is 1. The van der Waals surface area contributed by atoms with E-state index < -0.39 is 9.84 Å². The van der Waals surface area contributed by atoms with Crippen LogP contribution >= 0.6 is 0 Å². The second-order valence-electron chi connectivity index (χ2n) is 10.0. The third-order valence-electron chi connectivity index (χ3n) is 7.50. The normalized spacial score (nSPS) is 31.8. The molecule has 6 heteroatoms. The van der Waals surface area contributed by atoms with Crippen molar-refractivity contribution in [3.05, 3.63) is 11.9 Å². The van der Waals surface area contributed by atoms with Crippen LogP contribution in [0.5, 0.6) is 0 Å². The zero-order valence-electron chi connectivity index (χ0n) is 17.9. The Labute approximate surface area is 170 Å². The molecule has 0 saturated heterocycles. The Balaban J connectivity index is 1.49. The molecule has 158 valence electrons. The van der Waals surface area contributed by atoms with Crippen LogP contribution in [0, 0.1) is 23.2 Å². The summed E-state index contributed by atoms with van der Waals surface area (Å²) in [6.45, 7) is 6.52. The Kier molecular flexibility index (Phi) is 5.64. The van der Waals surface area contributed by atoms with Crippen molar-refractivity contribution in [2.75, 3.05) is 19.3 Å². The molecule has 4 saturated carbocycles. The Morgan fingerprint density at radius 3 is 2.29 bits per heavy atom. The Morgan fingerprint density at radius 1 is 1.14 bits per heavy atom. The quantitative estimate of drug-likeness (QED) is 0.618. The molecule has 0 aliphatic heterocycles. The average molecular weight is 408 g/mol. The fourth-order valence-corrected chi connectivity index (χ4v) is 7.86. The van der Waals surface area contributed by atoms with Gasteiger partial charge in [0.15, 0.2) is 0 Å². The fourth-order valence-electron chi connectivity index (χ4n) is 6.84. The molecule has 0 aromatic carbocycles. The predicted octanol–water partition coefficient (Wildman–Crippen LogP) is 4.13. The van der Waals surface area contributed by atoms with Gasteiger partial charge in [0.05, 0.1) is 17.6 Å². The number of nitrogens with zero attached hydrogens (tertiary/aromatic N) is 3. The summed E-state index contributed by atoms with van der Waals surface area (Å²) in [4.78, 5) is 6.78. The minimum Gasteiger partial charge on any atom is -0.318 e. The first-order valence-corrected chi connectivity index (χ1v) is 12.9. The Hall–Kier alpha value is -0.880. The molecule has 0 atom stereocenters. The molecule has 1 heterocycles. The zero-order valence-corrected chi connectivity index (χ0v) is 18.7. The summed E-state index contributed by atoms with van der Waals surface area (Å²) >= 11 is 0. The topological polar surface area (TPSA) is 55.2 Å². The summed E-state index contributed by atoms with van der Waals surface area (Å²) < 4.78 is 26.9. The van der Waals surface area contributed by atoms with Crippen LogP contribution in [0.1, 0.15) is 70.9 Å². The van der Waals surface area contributed by atoms with Crippen LogP contribution in [-0.2, 0) is 22.9 Å². The van der Waals surface area contributed by atoms with E-state index in [-0.39, 0.29) is 10.9 Å². The maximum atomic E-state index is 12.5. The third-order valence-corrected chi connectivity index (χ3v) is 9.14. The van der Waals surface area contributed by atoms with Crippen molar-refractivity contribution in [3.63, 3.8) is 0 Å². The number of aromatic nitrogens is 2. The first-order valence-electron chi connectivity index (χ1n) is 11.3. The van der Waals surface area contributed by atoms with Crippen molar-refractivity contribution in [1.82, 2.24) is 14.5 Å². The average Bonchev–Trinajstić information content (AvgIpc) is 3.01. The molecule has 4 aliphatic carbocycles. The summed E-state index contributed by atoms with van der Waals surface area (Å²) in [5.74, 6) is 3.02. The van der Waals surface area contributed by atoms with Gasteiger partial charge in [-0.25, -0.2) is 13.4 Å². The number of imidazole rings is 1. The van der Waals surface area contributed by atoms with E-state index in [1.54, 1.807) is 13.1 Å². The van der Waals surface area contributed by atoms with Gasteiger partial charge in [0.2, 0.25) is 15.0 Å². The highest BCUT2D eigenvalue weighted by Gasteiger charge is 2.51. The summed E-state index contributed by atoms with van der Waals surface area (Å²) in [5, 5.41) is 0.265. The van der Waals surface area contributed by atoms with E-state index in [9.17, 15) is 8.42 Å². The van der Waals surface area contributed by atoms with Crippen LogP contribution < -0.4 is 0 Å². The largest absolute Gasteiger partial charge is 0.318 e. The van der Waals surface area contributed by atoms with Crippen LogP contribution in [0.4, 0.5) is 0 Å². The maximum absolute atomic E-state index is 12.5. The summed E-state index contributed by atoms with van der Waals surface area (Å²) in [6, 6.07) is 0. The van der Waals surface area contributed by atoms with E-state index in [0.29, 0.717) is 5.41 Å². The van der Waals surface area contributed by atoms with Gasteiger partial charge in [-0.3, -0.25) is 0 Å². The lowest BCUT2D eigenvalue weighted by molar-refractivity contribution is -0.0672. The molecular formula is C22H37N3O2S. The van der Waals surface area contributed by atoms with Crippen molar-refractivity contribution in [1.29, 1.82) is 0 Å². The van der Waals surface area contributed by atoms with Gasteiger partial charge in [-0.15, -0.1) is 0 Å². The molecule has 1 aromatic heterocycles. The van der Waals surface area contributed by atoms with E-state index in [0.717, 1.165) is 55.9 Å². The summed E-state index contributed by atoms with van der Waals surface area (Å²) in [6.07, 6.45) is 12.5. The standard InChI is InChI=1S/C22H37N3O2S/c1-4-6-7-25-20(14-23-21(25)28(26,27)5-2)15-24(3)16-22-11-17-8-18(12-22)10-19(9-17)13-22/h14,17-19H,4-13,15-16H2,1-3H3. The highest BCUT2D eigenvalue weighted by atomic mass is 32.2. The first kappa shape index (κ1) is 20.4. The number of unbranched alkanes of at least 4 members (excludes halogenated alkanes) is 1. The molecule has 0 amide bonds. The molecule has 4 fully saturated rings. The molecule has 4 bridgehead atoms. The highest BCUT2D eigenvalue weighted by molar-refractivity contribution is 7.91. The van der Waals surface area contributed by atoms with E-state index in [1.807, 2.05) is 4.57 Å². The molecule has 0 N–H and O–H groups in total. The molecule has 4 aliphatic rings. The van der Waals surface area contributed by atoms with Gasteiger partial charge in [-0.2, -0.15) is 0 Å². The van der Waals surface area contributed by atoms with Crippen molar-refractivity contribution < 1.29 is 8.42 Å². The Bertz CT molecular complexity index is 763. The van der Waals surface area contributed by atoms with Gasteiger partial charge >= 0.3 is 0 Å². The fraction of sp³-hybridized carbons (Fsp3) is 0.864. The SMILES string of the molecule is CCCCn1c(CN(C)CC23CC4CC(CC(C4)C2)C3)cnc1S(=O)(=O)CC. The molecule has 28 heavy (non-hydrogen) atoms. The summed E-state index contributed by atoms with van der Waals surface area (Å²) in [5.41, 5.74) is 1.56. The monoisotopic (exact) mass is 407 g/mol. The molecule has 0 unspecified atom stereocenters. The molecule has 1 aromatic rings. The lowest BCUT2D eigenvalue weighted by Gasteiger charge is -2.57. The van der Waals surface area contributed by atoms with Gasteiger partial charge in [0, 0.05) is 19.6 Å². The maximum Gasteiger partial charge on any atom is 0.227 e. The van der Waals surface area contributed by atoms with E-state index >= 15 is 0 Å². The van der Waals surface area contributed by atoms with Crippen LogP contribution in [0.2, 0.25) is 0 Å². The van der Waals surface area contributed by atoms with Crippen LogP contribution in [0.15, 0.2) is 11.4 Å². The second-order valence-corrected chi connectivity index (χ2v) is 12.2. The van der Waals surface area contributed by atoms with Crippen LogP contribution in [0.25, 0.3) is 0 Å². The number of hydrogen-bond donors (Lipinski definition) is 0. The molecule has 5 nitrogen and oxygen atoms in total. The Morgan fingerprint density at radius 2 is 1.75 bits per heavy atom. The van der Waals surface area contributed by atoms with Crippen LogP contribution in [0.3, 0.4) is 0 Å². The zero-order chi connectivity index (χ0) is 19.9. The van der Waals surface area contributed by atoms with E-state index in [4.69, 9.17) is 0 Å². The molecule has 5 rings (SSSR count). The molecular weight excluding hydrogens is 370 g/mol. The van der Waals surface area contributed by atoms with Crippen LogP contribution in [-0.4, -0.2) is 42.2 Å². The van der Waals surface area contributed by atoms with Crippen molar-refractivity contribution in [3.8, 4) is 0 Å². The van der Waals surface area contributed by atoms with E-state index in [2.05, 4.69) is 23.9 Å². The van der Waals surface area contributed by atoms with Gasteiger partial charge in [-0.1, -0.05) is 20.3 Å². The van der Waals surface area contributed by atoms with Crippen molar-refractivity contribution in [2.24, 2.45) is 23.2 Å². The van der Waals surface area contributed by atoms with Gasteiger partial charge in [0.1, 0.15) is 0 Å². The van der Waals surface area contributed by atoms with Gasteiger partial charge in [-0.05, 0) is 75.2 Å². The predicted molar refractivity (Wildman–Crippen MR) is 112 cm³/mol. The van der Waals surface area contributed by atoms with Crippen molar-refractivity contribution >= 4 is 9.84 Å². The molecule has 0 radical (unpaired) electrons. The summed E-state index contributed by atoms with van der Waals surface area (Å²) in [7, 11) is -1.07. The minimum absolute atomic E-state index is 0.110. The lowest BCUT2D eigenvalue weighted by atomic mass is 9.49. The smallest absolute Gasteiger partial charge is 0.227 e. The highest BCUT2D eigenvalue weighted by Crippen LogP contribution is 2.60. The van der Waals surface area contributed by atoms with Gasteiger partial charge in [0.25, 0.3) is 0 Å². The van der Waals surface area contributed by atoms with E-state index in [1.165, 1.54) is 38.5 Å². The molecule has 0 spiro atoms. The first-order chi connectivity index (χ1) is 13.3. The number of hydrogen-bond acceptors (Lipinski definition) is 4. The van der Waals surface area contributed by atoms with Crippen molar-refractivity contribution in [2.45, 2.75) is 83.5 Å². The number of rotatable bonds is 9. The van der Waals surface area contributed by atoms with Gasteiger partial charge < -0.3 is 9.47 Å². The third kappa shape index (κ3) is 3.91. The lowest BCUT2D eigenvalue weighted by Crippen LogP contribution is -2.50.